The van der Waals surface area contributed by atoms with Gasteiger partial charge in [-0.05, 0) is 25.5 Å². The summed E-state index contributed by atoms with van der Waals surface area (Å²) in [7, 11) is 0. The van der Waals surface area contributed by atoms with E-state index in [4.69, 9.17) is 4.74 Å². The van der Waals surface area contributed by atoms with Crippen molar-refractivity contribution in [2.75, 3.05) is 13.2 Å². The Balaban J connectivity index is 2.10. The lowest BCUT2D eigenvalue weighted by Gasteiger charge is -2.11. The predicted octanol–water partition coefficient (Wildman–Crippen LogP) is 2.45. The summed E-state index contributed by atoms with van der Waals surface area (Å²) in [6.45, 7) is 6.00. The Hall–Kier alpha value is -1.02. The van der Waals surface area contributed by atoms with Crippen LogP contribution >= 0.6 is 0 Å². The molecule has 0 aromatic heterocycles. The van der Waals surface area contributed by atoms with E-state index in [1.54, 1.807) is 0 Å². The topological polar surface area (TPSA) is 21.3 Å². The Morgan fingerprint density at radius 3 is 2.64 bits per heavy atom. The molecule has 0 aliphatic rings. The first kappa shape index (κ1) is 11.1. The van der Waals surface area contributed by atoms with Crippen molar-refractivity contribution >= 4 is 0 Å². The highest BCUT2D eigenvalue weighted by molar-refractivity contribution is 5.20. The Labute approximate surface area is 86.3 Å². The highest BCUT2D eigenvalue weighted by atomic mass is 16.5. The maximum Gasteiger partial charge on any atom is 0.119 e. The van der Waals surface area contributed by atoms with E-state index in [-0.39, 0.29) is 0 Å². The molecule has 0 radical (unpaired) electrons. The first-order chi connectivity index (χ1) is 6.83. The second-order valence-corrected chi connectivity index (χ2v) is 3.42. The monoisotopic (exact) mass is 193 g/mol. The van der Waals surface area contributed by atoms with Gasteiger partial charge in [0.2, 0.25) is 0 Å². The number of benzene rings is 1. The van der Waals surface area contributed by atoms with Gasteiger partial charge in [0, 0.05) is 12.6 Å². The van der Waals surface area contributed by atoms with Gasteiger partial charge in [-0.2, -0.15) is 0 Å². The molecule has 0 bridgehead atoms. The Kier molecular flexibility index (Phi) is 5.08. The second kappa shape index (κ2) is 6.44. The lowest BCUT2D eigenvalue weighted by Crippen LogP contribution is -2.29. The number of para-hydroxylation sites is 1. The number of hydrogen-bond donors (Lipinski definition) is 1. The smallest absolute Gasteiger partial charge is 0.119 e. The summed E-state index contributed by atoms with van der Waals surface area (Å²) in [6.07, 6.45) is 1.16. The summed E-state index contributed by atoms with van der Waals surface area (Å²) in [5, 5.41) is 3.38. The highest BCUT2D eigenvalue weighted by Crippen LogP contribution is 2.07. The Morgan fingerprint density at radius 1 is 1.29 bits per heavy atom. The number of rotatable bonds is 6. The fourth-order valence-electron chi connectivity index (χ4n) is 1.14. The summed E-state index contributed by atoms with van der Waals surface area (Å²) in [5.74, 6) is 0.943. The molecular formula is C12H19NO. The minimum Gasteiger partial charge on any atom is -0.492 e. The lowest BCUT2D eigenvalue weighted by molar-refractivity contribution is 0.306. The zero-order valence-electron chi connectivity index (χ0n) is 8.99. The zero-order valence-corrected chi connectivity index (χ0v) is 8.99. The molecule has 2 heteroatoms. The molecule has 0 amide bonds. The van der Waals surface area contributed by atoms with Crippen LogP contribution in [-0.2, 0) is 0 Å². The van der Waals surface area contributed by atoms with Crippen LogP contribution in [0.5, 0.6) is 5.75 Å². The molecule has 14 heavy (non-hydrogen) atoms. The van der Waals surface area contributed by atoms with Crippen LogP contribution in [0.2, 0.25) is 0 Å². The van der Waals surface area contributed by atoms with Crippen LogP contribution in [0, 0.1) is 0 Å². The first-order valence-electron chi connectivity index (χ1n) is 5.24. The predicted molar refractivity (Wildman–Crippen MR) is 59.7 cm³/mol. The molecule has 0 saturated heterocycles. The van der Waals surface area contributed by atoms with E-state index in [0.717, 1.165) is 25.3 Å². The van der Waals surface area contributed by atoms with E-state index in [1.165, 1.54) is 0 Å². The van der Waals surface area contributed by atoms with Gasteiger partial charge in [0.05, 0.1) is 0 Å². The molecule has 1 aromatic rings. The van der Waals surface area contributed by atoms with Crippen molar-refractivity contribution in [3.05, 3.63) is 30.3 Å². The van der Waals surface area contributed by atoms with Crippen molar-refractivity contribution in [1.82, 2.24) is 5.32 Å². The van der Waals surface area contributed by atoms with E-state index >= 15 is 0 Å². The maximum atomic E-state index is 5.54. The summed E-state index contributed by atoms with van der Waals surface area (Å²) in [5.41, 5.74) is 0. The first-order valence-corrected chi connectivity index (χ1v) is 5.24. The van der Waals surface area contributed by atoms with Gasteiger partial charge in [0.15, 0.2) is 0 Å². The summed E-state index contributed by atoms with van der Waals surface area (Å²) < 4.78 is 5.54. The van der Waals surface area contributed by atoms with E-state index < -0.39 is 0 Å². The number of hydrogen-bond acceptors (Lipinski definition) is 2. The van der Waals surface area contributed by atoms with Crippen LogP contribution < -0.4 is 10.1 Å². The molecule has 2 nitrogen and oxygen atoms in total. The van der Waals surface area contributed by atoms with Crippen molar-refractivity contribution in [3.63, 3.8) is 0 Å². The molecule has 0 fully saturated rings. The van der Waals surface area contributed by atoms with Crippen LogP contribution in [0.4, 0.5) is 0 Å². The van der Waals surface area contributed by atoms with E-state index in [1.807, 2.05) is 30.3 Å². The Bertz CT molecular complexity index is 235. The third kappa shape index (κ3) is 4.28. The van der Waals surface area contributed by atoms with Crippen molar-refractivity contribution in [2.24, 2.45) is 0 Å². The molecule has 1 rings (SSSR count). The van der Waals surface area contributed by atoms with Gasteiger partial charge in [-0.1, -0.05) is 25.1 Å². The van der Waals surface area contributed by atoms with Crippen molar-refractivity contribution in [1.29, 1.82) is 0 Å². The quantitative estimate of drug-likeness (QED) is 0.701. The minimum atomic E-state index is 0.578. The highest BCUT2D eigenvalue weighted by Gasteiger charge is 1.96. The molecule has 1 atom stereocenters. The van der Waals surface area contributed by atoms with Gasteiger partial charge >= 0.3 is 0 Å². The molecule has 1 N–H and O–H groups in total. The fourth-order valence-corrected chi connectivity index (χ4v) is 1.14. The Morgan fingerprint density at radius 2 is 2.00 bits per heavy atom. The van der Waals surface area contributed by atoms with Crippen molar-refractivity contribution < 1.29 is 4.74 Å². The van der Waals surface area contributed by atoms with E-state index in [9.17, 15) is 0 Å². The van der Waals surface area contributed by atoms with Crippen LogP contribution in [0.1, 0.15) is 20.3 Å². The fraction of sp³-hybridized carbons (Fsp3) is 0.500. The van der Waals surface area contributed by atoms with Crippen LogP contribution in [-0.4, -0.2) is 19.2 Å². The summed E-state index contributed by atoms with van der Waals surface area (Å²) in [6, 6.07) is 10.5. The van der Waals surface area contributed by atoms with Gasteiger partial charge in [-0.25, -0.2) is 0 Å². The van der Waals surface area contributed by atoms with Crippen LogP contribution in [0.25, 0.3) is 0 Å². The molecule has 0 heterocycles. The normalized spacial score (nSPS) is 12.4. The maximum absolute atomic E-state index is 5.54. The number of nitrogens with one attached hydrogen (secondary N) is 1. The third-order valence-corrected chi connectivity index (χ3v) is 2.22. The van der Waals surface area contributed by atoms with Gasteiger partial charge in [-0.3, -0.25) is 0 Å². The zero-order chi connectivity index (χ0) is 10.2. The molecule has 1 aromatic carbocycles. The minimum absolute atomic E-state index is 0.578. The SMILES string of the molecule is CC[C@@H](C)NCCOc1ccccc1. The molecular weight excluding hydrogens is 174 g/mol. The molecule has 0 aliphatic carbocycles. The van der Waals surface area contributed by atoms with E-state index in [0.29, 0.717) is 6.04 Å². The summed E-state index contributed by atoms with van der Waals surface area (Å²) in [4.78, 5) is 0. The third-order valence-electron chi connectivity index (χ3n) is 2.22. The number of ether oxygens (including phenoxy) is 1. The largest absolute Gasteiger partial charge is 0.492 e. The molecule has 78 valence electrons. The average molecular weight is 193 g/mol. The van der Waals surface area contributed by atoms with Gasteiger partial charge in [-0.15, -0.1) is 0 Å². The molecule has 0 unspecified atom stereocenters. The second-order valence-electron chi connectivity index (χ2n) is 3.42. The average Bonchev–Trinajstić information content (AvgIpc) is 2.25. The van der Waals surface area contributed by atoms with Crippen molar-refractivity contribution in [2.45, 2.75) is 26.3 Å². The van der Waals surface area contributed by atoms with Crippen LogP contribution in [0.3, 0.4) is 0 Å². The van der Waals surface area contributed by atoms with Gasteiger partial charge < -0.3 is 10.1 Å². The van der Waals surface area contributed by atoms with Gasteiger partial charge in [0.1, 0.15) is 12.4 Å². The van der Waals surface area contributed by atoms with Crippen molar-refractivity contribution in [3.8, 4) is 5.75 Å². The van der Waals surface area contributed by atoms with Crippen LogP contribution in [0.15, 0.2) is 30.3 Å². The standard InChI is InChI=1S/C12H19NO/c1-3-11(2)13-9-10-14-12-7-5-4-6-8-12/h4-8,11,13H,3,9-10H2,1-2H3/t11-/m1/s1. The van der Waals surface area contributed by atoms with Gasteiger partial charge in [0.25, 0.3) is 0 Å². The summed E-state index contributed by atoms with van der Waals surface area (Å²) >= 11 is 0. The molecule has 0 aliphatic heterocycles. The molecule has 0 spiro atoms. The lowest BCUT2D eigenvalue weighted by atomic mass is 10.3. The molecule has 0 saturated carbocycles. The van der Waals surface area contributed by atoms with E-state index in [2.05, 4.69) is 19.2 Å².